The molecule has 10 heteroatoms. The van der Waals surface area contributed by atoms with E-state index in [1.54, 1.807) is 12.3 Å². The van der Waals surface area contributed by atoms with Crippen LogP contribution in [0.3, 0.4) is 0 Å². The molecule has 0 radical (unpaired) electrons. The largest absolute Gasteiger partial charge is 0.383 e. The molecule has 36 heavy (non-hydrogen) atoms. The van der Waals surface area contributed by atoms with Crippen molar-refractivity contribution in [2.45, 2.75) is 31.7 Å². The number of piperidine rings is 1. The van der Waals surface area contributed by atoms with Crippen LogP contribution in [0.25, 0.3) is 11.3 Å². The molecule has 2 N–H and O–H groups in total. The third kappa shape index (κ3) is 5.18. The number of fused-ring (bicyclic) bond motifs is 1. The number of amides is 1. The van der Waals surface area contributed by atoms with E-state index in [0.29, 0.717) is 48.7 Å². The second-order valence-electron chi connectivity index (χ2n) is 9.11. The van der Waals surface area contributed by atoms with Gasteiger partial charge in [-0.1, -0.05) is 6.07 Å². The van der Waals surface area contributed by atoms with Gasteiger partial charge in [0, 0.05) is 51.1 Å². The molecule has 1 aromatic carbocycles. The van der Waals surface area contributed by atoms with Crippen LogP contribution in [0.1, 0.15) is 40.2 Å². The number of halogens is 4. The number of rotatable bonds is 7. The van der Waals surface area contributed by atoms with Gasteiger partial charge < -0.3 is 15.5 Å². The lowest BCUT2D eigenvalue weighted by Gasteiger charge is -2.31. The average molecular weight is 500 g/mol. The molecule has 0 atom stereocenters. The molecule has 4 heterocycles. The van der Waals surface area contributed by atoms with Crippen LogP contribution in [0.2, 0.25) is 0 Å². The molecule has 1 amide bonds. The van der Waals surface area contributed by atoms with Crippen molar-refractivity contribution < 1.29 is 22.4 Å². The van der Waals surface area contributed by atoms with Gasteiger partial charge in [-0.3, -0.25) is 9.78 Å². The molecule has 0 spiro atoms. The Morgan fingerprint density at radius 3 is 2.50 bits per heavy atom. The van der Waals surface area contributed by atoms with Crippen LogP contribution in [0, 0.1) is 11.6 Å². The summed E-state index contributed by atoms with van der Waals surface area (Å²) in [5.74, 6) is -4.28. The summed E-state index contributed by atoms with van der Waals surface area (Å²) in [6, 6.07) is 8.84. The fraction of sp³-hybridized carbons (Fsp3) is 0.346. The summed E-state index contributed by atoms with van der Waals surface area (Å²) >= 11 is 0. The normalized spacial score (nSPS) is 17.1. The summed E-state index contributed by atoms with van der Waals surface area (Å²) in [4.78, 5) is 23.3. The van der Waals surface area contributed by atoms with E-state index in [1.807, 2.05) is 17.0 Å². The molecule has 2 aliphatic rings. The SMILES string of the molecule is O=C1NCc2nc(-c3c(F)cccc3F)cc(Cc3ccc(NCCN4CCC(F)(F)CC4)cn3)c21. The minimum atomic E-state index is -2.55. The fourth-order valence-corrected chi connectivity index (χ4v) is 4.61. The number of carbonyl (C=O) groups is 1. The number of aromatic nitrogens is 2. The van der Waals surface area contributed by atoms with Crippen LogP contribution >= 0.6 is 0 Å². The number of hydrogen-bond acceptors (Lipinski definition) is 5. The zero-order valence-corrected chi connectivity index (χ0v) is 19.5. The Labute approximate surface area is 205 Å². The molecular formula is C26H25F4N5O. The summed E-state index contributed by atoms with van der Waals surface area (Å²) in [6.07, 6.45) is 1.73. The number of pyridine rings is 2. The first-order chi connectivity index (χ1) is 17.3. The van der Waals surface area contributed by atoms with Gasteiger partial charge in [-0.25, -0.2) is 22.5 Å². The Bertz CT molecular complexity index is 1250. The van der Waals surface area contributed by atoms with Gasteiger partial charge in [-0.2, -0.15) is 0 Å². The molecule has 2 aromatic heterocycles. The van der Waals surface area contributed by atoms with Crippen molar-refractivity contribution in [1.82, 2.24) is 20.2 Å². The molecule has 6 nitrogen and oxygen atoms in total. The predicted octanol–water partition coefficient (Wildman–Crippen LogP) is 4.40. The molecule has 2 aliphatic heterocycles. The number of alkyl halides is 2. The van der Waals surface area contributed by atoms with Gasteiger partial charge in [-0.05, 0) is 35.9 Å². The van der Waals surface area contributed by atoms with Crippen molar-refractivity contribution in [1.29, 1.82) is 0 Å². The summed E-state index contributed by atoms with van der Waals surface area (Å²) in [5, 5.41) is 5.96. The predicted molar refractivity (Wildman–Crippen MR) is 127 cm³/mol. The second-order valence-corrected chi connectivity index (χ2v) is 9.11. The average Bonchev–Trinajstić information content (AvgIpc) is 3.22. The maximum Gasteiger partial charge on any atom is 0.253 e. The van der Waals surface area contributed by atoms with Gasteiger partial charge in [0.05, 0.1) is 40.9 Å². The Balaban J connectivity index is 1.28. The number of likely N-dealkylation sites (tertiary alicyclic amines) is 1. The van der Waals surface area contributed by atoms with Gasteiger partial charge in [0.25, 0.3) is 11.8 Å². The molecular weight excluding hydrogens is 474 g/mol. The maximum absolute atomic E-state index is 14.4. The Morgan fingerprint density at radius 1 is 1.06 bits per heavy atom. The highest BCUT2D eigenvalue weighted by atomic mass is 19.3. The Kier molecular flexibility index (Phi) is 6.61. The highest BCUT2D eigenvalue weighted by molar-refractivity contribution is 5.99. The molecule has 1 saturated heterocycles. The smallest absolute Gasteiger partial charge is 0.253 e. The van der Waals surface area contributed by atoms with Crippen LogP contribution in [-0.4, -0.2) is 52.9 Å². The van der Waals surface area contributed by atoms with Crippen molar-refractivity contribution in [3.05, 3.63) is 76.7 Å². The lowest BCUT2D eigenvalue weighted by atomic mass is 9.98. The first kappa shape index (κ1) is 24.2. The molecule has 0 unspecified atom stereocenters. The fourth-order valence-electron chi connectivity index (χ4n) is 4.61. The van der Waals surface area contributed by atoms with Crippen molar-refractivity contribution >= 4 is 11.6 Å². The second kappa shape index (κ2) is 9.85. The van der Waals surface area contributed by atoms with E-state index in [-0.39, 0.29) is 43.0 Å². The molecule has 188 valence electrons. The summed E-state index contributed by atoms with van der Waals surface area (Å²) < 4.78 is 55.4. The van der Waals surface area contributed by atoms with E-state index in [9.17, 15) is 22.4 Å². The van der Waals surface area contributed by atoms with Crippen LogP contribution in [-0.2, 0) is 13.0 Å². The van der Waals surface area contributed by atoms with E-state index in [2.05, 4.69) is 20.6 Å². The van der Waals surface area contributed by atoms with Crippen LogP contribution in [0.4, 0.5) is 23.2 Å². The van der Waals surface area contributed by atoms with Crippen molar-refractivity contribution in [2.75, 3.05) is 31.5 Å². The maximum atomic E-state index is 14.4. The lowest BCUT2D eigenvalue weighted by Crippen LogP contribution is -2.41. The molecule has 3 aromatic rings. The van der Waals surface area contributed by atoms with Crippen molar-refractivity contribution in [3.63, 3.8) is 0 Å². The number of carbonyl (C=O) groups excluding carboxylic acids is 1. The van der Waals surface area contributed by atoms with E-state index in [1.165, 1.54) is 18.2 Å². The van der Waals surface area contributed by atoms with Crippen LogP contribution in [0.5, 0.6) is 0 Å². The van der Waals surface area contributed by atoms with Gasteiger partial charge >= 0.3 is 0 Å². The third-order valence-electron chi connectivity index (χ3n) is 6.58. The number of hydrogen-bond donors (Lipinski definition) is 2. The van der Waals surface area contributed by atoms with Crippen molar-refractivity contribution in [3.8, 4) is 11.3 Å². The summed E-state index contributed by atoms with van der Waals surface area (Å²) in [6.45, 7) is 2.21. The Hall–Kier alpha value is -3.53. The van der Waals surface area contributed by atoms with Crippen LogP contribution < -0.4 is 10.6 Å². The van der Waals surface area contributed by atoms with Crippen LogP contribution in [0.15, 0.2) is 42.6 Å². The lowest BCUT2D eigenvalue weighted by molar-refractivity contribution is -0.0543. The standard InChI is InChI=1S/C26H25F4N5O/c27-19-2-1-3-20(28)24(19)21-13-16(23-22(34-21)15-33-25(23)36)12-17-4-5-18(14-32-17)31-8-11-35-9-6-26(29,30)7-10-35/h1-5,13-14,31H,6-12,15H2,(H,33,36). The zero-order valence-electron chi connectivity index (χ0n) is 19.5. The van der Waals surface area contributed by atoms with Gasteiger partial charge in [0.1, 0.15) is 11.6 Å². The molecule has 0 bridgehead atoms. The number of benzene rings is 1. The highest BCUT2D eigenvalue weighted by Gasteiger charge is 2.33. The number of anilines is 1. The van der Waals surface area contributed by atoms with E-state index >= 15 is 0 Å². The highest BCUT2D eigenvalue weighted by Crippen LogP contribution is 2.30. The number of nitrogens with zero attached hydrogens (tertiary/aromatic N) is 3. The van der Waals surface area contributed by atoms with Gasteiger partial charge in [0.2, 0.25) is 0 Å². The van der Waals surface area contributed by atoms with E-state index in [0.717, 1.165) is 5.69 Å². The molecule has 5 rings (SSSR count). The first-order valence-electron chi connectivity index (χ1n) is 11.8. The summed E-state index contributed by atoms with van der Waals surface area (Å²) in [5.41, 5.74) is 2.80. The molecule has 0 aliphatic carbocycles. The molecule has 1 fully saturated rings. The third-order valence-corrected chi connectivity index (χ3v) is 6.58. The quantitative estimate of drug-likeness (QED) is 0.472. The Morgan fingerprint density at radius 2 is 1.81 bits per heavy atom. The molecule has 0 saturated carbocycles. The van der Waals surface area contributed by atoms with Gasteiger partial charge in [-0.15, -0.1) is 0 Å². The monoisotopic (exact) mass is 499 g/mol. The summed E-state index contributed by atoms with van der Waals surface area (Å²) in [7, 11) is 0. The van der Waals surface area contributed by atoms with E-state index < -0.39 is 17.6 Å². The van der Waals surface area contributed by atoms with Crippen molar-refractivity contribution in [2.24, 2.45) is 0 Å². The minimum Gasteiger partial charge on any atom is -0.383 e. The number of nitrogens with one attached hydrogen (secondary N) is 2. The minimum absolute atomic E-state index is 0.106. The van der Waals surface area contributed by atoms with E-state index in [4.69, 9.17) is 0 Å². The topological polar surface area (TPSA) is 70.2 Å². The zero-order chi connectivity index (χ0) is 25.3. The first-order valence-corrected chi connectivity index (χ1v) is 11.8. The van der Waals surface area contributed by atoms with Gasteiger partial charge in [0.15, 0.2) is 0 Å².